The minimum atomic E-state index is 0.500. The van der Waals surface area contributed by atoms with Crippen molar-refractivity contribution in [3.63, 3.8) is 0 Å². The molecule has 18 heavy (non-hydrogen) atoms. The van der Waals surface area contributed by atoms with E-state index in [2.05, 4.69) is 34.0 Å². The maximum absolute atomic E-state index is 5.09. The number of hydrogen-bond acceptors (Lipinski definition) is 5. The molecule has 0 spiro atoms. The van der Waals surface area contributed by atoms with Gasteiger partial charge in [0.1, 0.15) is 12.1 Å². The molecule has 0 aliphatic carbocycles. The zero-order valence-corrected chi connectivity index (χ0v) is 11.4. The minimum absolute atomic E-state index is 0.500. The largest absolute Gasteiger partial charge is 0.481 e. The predicted octanol–water partition coefficient (Wildman–Crippen LogP) is 1.77. The summed E-state index contributed by atoms with van der Waals surface area (Å²) in [7, 11) is 1.62. The van der Waals surface area contributed by atoms with Gasteiger partial charge in [0.15, 0.2) is 0 Å². The van der Waals surface area contributed by atoms with E-state index in [1.807, 2.05) is 6.07 Å². The molecule has 2 rings (SSSR count). The maximum Gasteiger partial charge on any atom is 0.218 e. The summed E-state index contributed by atoms with van der Waals surface area (Å²) in [6, 6.07) is 2.99. The standard InChI is InChI=1S/C13H22N4O/c1-10(2)17-6-4-11(5-7-17)16-12-8-13(18-3)15-9-14-12/h8-11H,4-7H2,1-3H3,(H,14,15,16). The lowest BCUT2D eigenvalue weighted by molar-refractivity contribution is 0.177. The minimum Gasteiger partial charge on any atom is -0.481 e. The molecule has 1 N–H and O–H groups in total. The van der Waals surface area contributed by atoms with Crippen LogP contribution >= 0.6 is 0 Å². The summed E-state index contributed by atoms with van der Waals surface area (Å²) in [4.78, 5) is 10.7. The normalized spacial score (nSPS) is 18.0. The summed E-state index contributed by atoms with van der Waals surface area (Å²) in [6.07, 6.45) is 3.85. The van der Waals surface area contributed by atoms with Gasteiger partial charge in [-0.2, -0.15) is 0 Å². The van der Waals surface area contributed by atoms with E-state index in [1.54, 1.807) is 7.11 Å². The average molecular weight is 250 g/mol. The Morgan fingerprint density at radius 2 is 2.06 bits per heavy atom. The molecule has 1 aromatic heterocycles. The van der Waals surface area contributed by atoms with Crippen molar-refractivity contribution < 1.29 is 4.74 Å². The third-order valence-electron chi connectivity index (χ3n) is 3.46. The van der Waals surface area contributed by atoms with Crippen LogP contribution in [0, 0.1) is 0 Å². The first-order valence-electron chi connectivity index (χ1n) is 6.55. The number of rotatable bonds is 4. The van der Waals surface area contributed by atoms with E-state index < -0.39 is 0 Å². The van der Waals surface area contributed by atoms with E-state index in [1.165, 1.54) is 6.33 Å². The molecule has 1 aliphatic heterocycles. The van der Waals surface area contributed by atoms with E-state index in [0.717, 1.165) is 31.7 Å². The van der Waals surface area contributed by atoms with Crippen molar-refractivity contribution in [1.82, 2.24) is 14.9 Å². The van der Waals surface area contributed by atoms with E-state index in [-0.39, 0.29) is 0 Å². The third kappa shape index (κ3) is 3.32. The number of nitrogens with one attached hydrogen (secondary N) is 1. The number of piperidine rings is 1. The lowest BCUT2D eigenvalue weighted by Crippen LogP contribution is -2.42. The summed E-state index contributed by atoms with van der Waals surface area (Å²) in [5.41, 5.74) is 0. The number of anilines is 1. The number of likely N-dealkylation sites (tertiary alicyclic amines) is 1. The molecular formula is C13H22N4O. The highest BCUT2D eigenvalue weighted by Gasteiger charge is 2.20. The van der Waals surface area contributed by atoms with Gasteiger partial charge in [0.25, 0.3) is 0 Å². The van der Waals surface area contributed by atoms with Crippen LogP contribution in [0.1, 0.15) is 26.7 Å². The summed E-state index contributed by atoms with van der Waals surface area (Å²) in [5, 5.41) is 3.46. The second-order valence-corrected chi connectivity index (χ2v) is 4.99. The van der Waals surface area contributed by atoms with Gasteiger partial charge in [-0.05, 0) is 26.7 Å². The molecule has 100 valence electrons. The highest BCUT2D eigenvalue weighted by atomic mass is 16.5. The number of ether oxygens (including phenoxy) is 1. The summed E-state index contributed by atoms with van der Waals surface area (Å²) < 4.78 is 5.09. The Hall–Kier alpha value is -1.36. The van der Waals surface area contributed by atoms with E-state index in [0.29, 0.717) is 18.0 Å². The van der Waals surface area contributed by atoms with Crippen molar-refractivity contribution >= 4 is 5.82 Å². The molecule has 0 unspecified atom stereocenters. The van der Waals surface area contributed by atoms with E-state index >= 15 is 0 Å². The van der Waals surface area contributed by atoms with Gasteiger partial charge in [0.2, 0.25) is 5.88 Å². The highest BCUT2D eigenvalue weighted by Crippen LogP contribution is 2.18. The van der Waals surface area contributed by atoms with Gasteiger partial charge in [-0.1, -0.05) is 0 Å². The first kappa shape index (κ1) is 13.1. The van der Waals surface area contributed by atoms with E-state index in [9.17, 15) is 0 Å². The fourth-order valence-electron chi connectivity index (χ4n) is 2.30. The van der Waals surface area contributed by atoms with Crippen LogP contribution in [-0.2, 0) is 0 Å². The Morgan fingerprint density at radius 1 is 1.33 bits per heavy atom. The molecule has 0 amide bonds. The van der Waals surface area contributed by atoms with Crippen molar-refractivity contribution in [2.45, 2.75) is 38.8 Å². The van der Waals surface area contributed by atoms with Crippen LogP contribution in [0.3, 0.4) is 0 Å². The molecule has 1 fully saturated rings. The number of aromatic nitrogens is 2. The van der Waals surface area contributed by atoms with Crippen LogP contribution in [0.5, 0.6) is 5.88 Å². The second-order valence-electron chi connectivity index (χ2n) is 4.99. The molecule has 5 heteroatoms. The fraction of sp³-hybridized carbons (Fsp3) is 0.692. The second kappa shape index (κ2) is 6.00. The van der Waals surface area contributed by atoms with Gasteiger partial charge >= 0.3 is 0 Å². The lowest BCUT2D eigenvalue weighted by atomic mass is 10.0. The fourth-order valence-corrected chi connectivity index (χ4v) is 2.30. The van der Waals surface area contributed by atoms with Gasteiger partial charge in [-0.3, -0.25) is 0 Å². The van der Waals surface area contributed by atoms with Crippen molar-refractivity contribution in [2.24, 2.45) is 0 Å². The zero-order chi connectivity index (χ0) is 13.0. The molecule has 1 aliphatic rings. The van der Waals surface area contributed by atoms with Crippen LogP contribution in [0.2, 0.25) is 0 Å². The van der Waals surface area contributed by atoms with Crippen LogP contribution in [0.25, 0.3) is 0 Å². The molecule has 1 aromatic rings. The van der Waals surface area contributed by atoms with Crippen LogP contribution in [-0.4, -0.2) is 47.2 Å². The SMILES string of the molecule is COc1cc(NC2CCN(C(C)C)CC2)ncn1. The average Bonchev–Trinajstić information content (AvgIpc) is 2.39. The number of hydrogen-bond donors (Lipinski definition) is 1. The van der Waals surface area contributed by atoms with Gasteiger partial charge in [-0.25, -0.2) is 9.97 Å². The van der Waals surface area contributed by atoms with Gasteiger partial charge in [-0.15, -0.1) is 0 Å². The Bertz CT molecular complexity index is 375. The van der Waals surface area contributed by atoms with Gasteiger partial charge in [0.05, 0.1) is 7.11 Å². The van der Waals surface area contributed by atoms with Crippen LogP contribution in [0.4, 0.5) is 5.82 Å². The first-order chi connectivity index (χ1) is 8.69. The van der Waals surface area contributed by atoms with Gasteiger partial charge < -0.3 is 15.0 Å². The lowest BCUT2D eigenvalue weighted by Gasteiger charge is -2.35. The monoisotopic (exact) mass is 250 g/mol. The van der Waals surface area contributed by atoms with Crippen LogP contribution < -0.4 is 10.1 Å². The Kier molecular flexibility index (Phi) is 4.36. The summed E-state index contributed by atoms with van der Waals surface area (Å²) >= 11 is 0. The van der Waals surface area contributed by atoms with E-state index in [4.69, 9.17) is 4.74 Å². The zero-order valence-electron chi connectivity index (χ0n) is 11.4. The molecule has 0 saturated carbocycles. The highest BCUT2D eigenvalue weighted by molar-refractivity contribution is 5.38. The number of nitrogens with zero attached hydrogens (tertiary/aromatic N) is 3. The Morgan fingerprint density at radius 3 is 2.67 bits per heavy atom. The molecule has 1 saturated heterocycles. The molecule has 0 atom stereocenters. The molecular weight excluding hydrogens is 228 g/mol. The maximum atomic E-state index is 5.09. The van der Waals surface area contributed by atoms with Crippen molar-refractivity contribution in [1.29, 1.82) is 0 Å². The number of methoxy groups -OCH3 is 1. The molecule has 5 nitrogen and oxygen atoms in total. The summed E-state index contributed by atoms with van der Waals surface area (Å²) in [6.45, 7) is 6.81. The summed E-state index contributed by atoms with van der Waals surface area (Å²) in [5.74, 6) is 1.46. The molecule has 0 bridgehead atoms. The van der Waals surface area contributed by atoms with Crippen LogP contribution in [0.15, 0.2) is 12.4 Å². The van der Waals surface area contributed by atoms with Crippen molar-refractivity contribution in [3.8, 4) is 5.88 Å². The molecule has 0 radical (unpaired) electrons. The van der Waals surface area contributed by atoms with Crippen molar-refractivity contribution in [2.75, 3.05) is 25.5 Å². The molecule has 0 aromatic carbocycles. The third-order valence-corrected chi connectivity index (χ3v) is 3.46. The smallest absolute Gasteiger partial charge is 0.218 e. The Balaban J connectivity index is 1.87. The quantitative estimate of drug-likeness (QED) is 0.882. The first-order valence-corrected chi connectivity index (χ1v) is 6.55. The topological polar surface area (TPSA) is 50.3 Å². The molecule has 2 heterocycles. The Labute approximate surface area is 109 Å². The van der Waals surface area contributed by atoms with Gasteiger partial charge in [0, 0.05) is 31.2 Å². The van der Waals surface area contributed by atoms with Crippen molar-refractivity contribution in [3.05, 3.63) is 12.4 Å². The predicted molar refractivity (Wildman–Crippen MR) is 71.9 cm³/mol.